The molecule has 27 heavy (non-hydrogen) atoms. The second kappa shape index (κ2) is 7.93. The summed E-state index contributed by atoms with van der Waals surface area (Å²) in [4.78, 5) is 0. The molecule has 1 fully saturated rings. The number of rotatable bonds is 4. The van der Waals surface area contributed by atoms with Crippen LogP contribution in [0.3, 0.4) is 0 Å². The number of aromatic nitrogens is 1. The minimum atomic E-state index is -3.66. The number of fused-ring (bicyclic) bond motifs is 1. The van der Waals surface area contributed by atoms with Crippen molar-refractivity contribution in [3.05, 3.63) is 65.6 Å². The van der Waals surface area contributed by atoms with E-state index in [0.29, 0.717) is 41.9 Å². The number of sulfonamides is 1. The van der Waals surface area contributed by atoms with E-state index in [-0.39, 0.29) is 24.0 Å². The zero-order valence-corrected chi connectivity index (χ0v) is 16.0. The fourth-order valence-electron chi connectivity index (χ4n) is 3.31. The van der Waals surface area contributed by atoms with Gasteiger partial charge in [-0.25, -0.2) is 12.8 Å². The second-order valence-electron chi connectivity index (χ2n) is 6.27. The summed E-state index contributed by atoms with van der Waals surface area (Å²) >= 11 is 0. The van der Waals surface area contributed by atoms with E-state index in [9.17, 15) is 12.8 Å². The molecule has 1 N–H and O–H groups in total. The van der Waals surface area contributed by atoms with Gasteiger partial charge in [0, 0.05) is 25.0 Å². The van der Waals surface area contributed by atoms with Crippen molar-refractivity contribution in [3.63, 3.8) is 0 Å². The van der Waals surface area contributed by atoms with Crippen LogP contribution in [0.15, 0.2) is 53.1 Å². The molecule has 0 bridgehead atoms. The van der Waals surface area contributed by atoms with E-state index in [1.165, 1.54) is 16.4 Å². The molecule has 4 rings (SSSR count). The molecule has 6 nitrogen and oxygen atoms in total. The summed E-state index contributed by atoms with van der Waals surface area (Å²) < 4.78 is 46.4. The molecule has 1 atom stereocenters. The van der Waals surface area contributed by atoms with Crippen molar-refractivity contribution >= 4 is 33.4 Å². The van der Waals surface area contributed by atoms with Crippen LogP contribution in [0.5, 0.6) is 0 Å². The standard InChI is InChI=1S/C18H18FN3O3S.ClH/c19-14-5-3-4-13(10-14)17-11-20-8-9-22(17)26(23,24)12-16-15-6-1-2-7-18(15)25-21-16;/h1-7,10,17,20H,8-9,11-12H2;1H. The van der Waals surface area contributed by atoms with Crippen LogP contribution in [-0.2, 0) is 15.8 Å². The summed E-state index contributed by atoms with van der Waals surface area (Å²) in [5, 5.41) is 7.80. The average Bonchev–Trinajstić information content (AvgIpc) is 3.04. The summed E-state index contributed by atoms with van der Waals surface area (Å²) in [6.45, 7) is 1.30. The number of hydrogen-bond acceptors (Lipinski definition) is 5. The first-order chi connectivity index (χ1) is 12.5. The van der Waals surface area contributed by atoms with Crippen LogP contribution in [0.2, 0.25) is 0 Å². The third kappa shape index (κ3) is 3.98. The van der Waals surface area contributed by atoms with Gasteiger partial charge in [0.1, 0.15) is 17.3 Å². The minimum absolute atomic E-state index is 0. The molecule has 1 aliphatic heterocycles. The third-order valence-corrected chi connectivity index (χ3v) is 6.35. The molecular weight excluding hydrogens is 393 g/mol. The summed E-state index contributed by atoms with van der Waals surface area (Å²) in [7, 11) is -3.66. The Labute approximate surface area is 162 Å². The maximum Gasteiger partial charge on any atom is 0.220 e. The van der Waals surface area contributed by atoms with Crippen molar-refractivity contribution in [3.8, 4) is 0 Å². The summed E-state index contributed by atoms with van der Waals surface area (Å²) in [6, 6.07) is 12.8. The lowest BCUT2D eigenvalue weighted by molar-refractivity contribution is 0.270. The van der Waals surface area contributed by atoms with E-state index >= 15 is 0 Å². The molecule has 2 heterocycles. The molecule has 144 valence electrons. The third-order valence-electron chi connectivity index (χ3n) is 4.56. The lowest BCUT2D eigenvalue weighted by Gasteiger charge is -2.35. The number of benzene rings is 2. The van der Waals surface area contributed by atoms with Crippen molar-refractivity contribution in [1.82, 2.24) is 14.8 Å². The smallest absolute Gasteiger partial charge is 0.220 e. The van der Waals surface area contributed by atoms with E-state index in [1.807, 2.05) is 12.1 Å². The molecule has 0 radical (unpaired) electrons. The maximum atomic E-state index is 13.6. The second-order valence-corrected chi connectivity index (χ2v) is 8.19. The predicted molar refractivity (Wildman–Crippen MR) is 103 cm³/mol. The predicted octanol–water partition coefficient (Wildman–Crippen LogP) is 2.87. The molecule has 1 saturated heterocycles. The minimum Gasteiger partial charge on any atom is -0.356 e. The van der Waals surface area contributed by atoms with Crippen LogP contribution in [0.4, 0.5) is 4.39 Å². The number of hydrogen-bond donors (Lipinski definition) is 1. The van der Waals surface area contributed by atoms with Crippen LogP contribution < -0.4 is 5.32 Å². The van der Waals surface area contributed by atoms with Crippen LogP contribution in [0, 0.1) is 5.82 Å². The first-order valence-corrected chi connectivity index (χ1v) is 9.94. The molecule has 3 aromatic rings. The van der Waals surface area contributed by atoms with Crippen LogP contribution >= 0.6 is 12.4 Å². The van der Waals surface area contributed by atoms with Crippen LogP contribution in [0.1, 0.15) is 17.3 Å². The van der Waals surface area contributed by atoms with Gasteiger partial charge in [-0.15, -0.1) is 12.4 Å². The van der Waals surface area contributed by atoms with Crippen molar-refractivity contribution in [1.29, 1.82) is 0 Å². The number of piperazine rings is 1. The Hall–Kier alpha value is -2.00. The van der Waals surface area contributed by atoms with E-state index in [2.05, 4.69) is 10.5 Å². The van der Waals surface area contributed by atoms with E-state index in [0.717, 1.165) is 0 Å². The largest absolute Gasteiger partial charge is 0.356 e. The van der Waals surface area contributed by atoms with Gasteiger partial charge in [0.2, 0.25) is 10.0 Å². The Balaban J connectivity index is 0.00000210. The lowest BCUT2D eigenvalue weighted by Crippen LogP contribution is -2.49. The molecule has 1 unspecified atom stereocenters. The fourth-order valence-corrected chi connectivity index (χ4v) is 4.99. The van der Waals surface area contributed by atoms with Crippen LogP contribution in [0.25, 0.3) is 11.0 Å². The first-order valence-electron chi connectivity index (χ1n) is 8.33. The summed E-state index contributed by atoms with van der Waals surface area (Å²) in [6.07, 6.45) is 0. The molecule has 1 aliphatic rings. The molecule has 2 aromatic carbocycles. The van der Waals surface area contributed by atoms with Crippen LogP contribution in [-0.4, -0.2) is 37.5 Å². The van der Waals surface area contributed by atoms with E-state index in [4.69, 9.17) is 4.52 Å². The van der Waals surface area contributed by atoms with Gasteiger partial charge >= 0.3 is 0 Å². The van der Waals surface area contributed by atoms with Gasteiger partial charge < -0.3 is 9.84 Å². The van der Waals surface area contributed by atoms with Crippen molar-refractivity contribution in [2.75, 3.05) is 19.6 Å². The van der Waals surface area contributed by atoms with E-state index < -0.39 is 16.1 Å². The van der Waals surface area contributed by atoms with Gasteiger partial charge in [-0.3, -0.25) is 0 Å². The topological polar surface area (TPSA) is 75.4 Å². The molecule has 9 heteroatoms. The van der Waals surface area contributed by atoms with Crippen molar-refractivity contribution < 1.29 is 17.3 Å². The van der Waals surface area contributed by atoms with Gasteiger partial charge in [0.05, 0.1) is 6.04 Å². The summed E-state index contributed by atoms with van der Waals surface area (Å²) in [5.74, 6) is -0.636. The molecule has 0 spiro atoms. The SMILES string of the molecule is Cl.O=S(=O)(Cc1noc2ccccc12)N1CCNCC1c1cccc(F)c1. The molecular formula is C18H19ClFN3O3S. The quantitative estimate of drug-likeness (QED) is 0.714. The maximum absolute atomic E-state index is 13.6. The average molecular weight is 412 g/mol. The van der Waals surface area contributed by atoms with Gasteiger partial charge in [0.15, 0.2) is 5.58 Å². The molecule has 0 saturated carbocycles. The fraction of sp³-hybridized carbons (Fsp3) is 0.278. The Morgan fingerprint density at radius 1 is 1.22 bits per heavy atom. The molecule has 1 aromatic heterocycles. The van der Waals surface area contributed by atoms with Gasteiger partial charge in [-0.05, 0) is 29.8 Å². The monoisotopic (exact) mass is 411 g/mol. The highest BCUT2D eigenvalue weighted by atomic mass is 35.5. The van der Waals surface area contributed by atoms with Crippen molar-refractivity contribution in [2.45, 2.75) is 11.8 Å². The van der Waals surface area contributed by atoms with Gasteiger partial charge in [-0.2, -0.15) is 4.31 Å². The van der Waals surface area contributed by atoms with Gasteiger partial charge in [-0.1, -0.05) is 29.4 Å². The number of para-hydroxylation sites is 1. The van der Waals surface area contributed by atoms with Crippen molar-refractivity contribution in [2.24, 2.45) is 0 Å². The number of nitrogens with zero attached hydrogens (tertiary/aromatic N) is 2. The molecule has 0 amide bonds. The Kier molecular flexibility index (Phi) is 5.81. The Morgan fingerprint density at radius 2 is 2.04 bits per heavy atom. The van der Waals surface area contributed by atoms with Gasteiger partial charge in [0.25, 0.3) is 0 Å². The first kappa shape index (κ1) is 19.8. The normalized spacial score (nSPS) is 18.3. The number of nitrogens with one attached hydrogen (secondary N) is 1. The summed E-state index contributed by atoms with van der Waals surface area (Å²) in [5.41, 5.74) is 1.57. The van der Waals surface area contributed by atoms with E-state index in [1.54, 1.807) is 24.3 Å². The zero-order chi connectivity index (χ0) is 18.1. The molecule has 0 aliphatic carbocycles. The zero-order valence-electron chi connectivity index (χ0n) is 14.3. The lowest BCUT2D eigenvalue weighted by atomic mass is 10.1. The highest BCUT2D eigenvalue weighted by molar-refractivity contribution is 7.88. The highest BCUT2D eigenvalue weighted by Gasteiger charge is 2.34. The highest BCUT2D eigenvalue weighted by Crippen LogP contribution is 2.28. The number of halogens is 2. The Bertz CT molecular complexity index is 1040. The Morgan fingerprint density at radius 3 is 2.85 bits per heavy atom.